The molecule has 0 unspecified atom stereocenters. The minimum atomic E-state index is -4.32. The van der Waals surface area contributed by atoms with Crippen molar-refractivity contribution in [1.82, 2.24) is 19.5 Å². The summed E-state index contributed by atoms with van der Waals surface area (Å²) in [5, 5.41) is 3.39. The summed E-state index contributed by atoms with van der Waals surface area (Å²) in [6, 6.07) is 9.83. The third kappa shape index (κ3) is 5.27. The van der Waals surface area contributed by atoms with E-state index >= 15 is 0 Å². The van der Waals surface area contributed by atoms with E-state index in [0.29, 0.717) is 17.0 Å². The molecule has 0 amide bonds. The first kappa shape index (κ1) is 25.5. The number of nitrogens with zero attached hydrogens (tertiary/aromatic N) is 4. The predicted molar refractivity (Wildman–Crippen MR) is 129 cm³/mol. The summed E-state index contributed by atoms with van der Waals surface area (Å²) in [7, 11) is -4.32. The molecule has 2 aliphatic rings. The van der Waals surface area contributed by atoms with Crippen LogP contribution in [0.25, 0.3) is 11.2 Å². The number of aromatic nitrogens is 4. The molecule has 0 spiro atoms. The van der Waals surface area contributed by atoms with Gasteiger partial charge >= 0.3 is 7.60 Å². The number of hydrogen-bond acceptors (Lipinski definition) is 9. The zero-order chi connectivity index (χ0) is 25.7. The number of anilines is 1. The van der Waals surface area contributed by atoms with Crippen molar-refractivity contribution < 1.29 is 33.3 Å². The van der Waals surface area contributed by atoms with Crippen molar-refractivity contribution in [3.63, 3.8) is 0 Å². The van der Waals surface area contributed by atoms with E-state index in [4.69, 9.17) is 40.3 Å². The Bertz CT molecular complexity index is 1290. The summed E-state index contributed by atoms with van der Waals surface area (Å²) in [5.41, 5.74) is 2.01. The van der Waals surface area contributed by atoms with E-state index in [0.717, 1.165) is 5.56 Å². The third-order valence-electron chi connectivity index (χ3n) is 5.99. The Hall–Kier alpha value is -2.15. The van der Waals surface area contributed by atoms with E-state index in [1.165, 1.54) is 0 Å². The van der Waals surface area contributed by atoms with Crippen LogP contribution in [0.4, 0.5) is 5.82 Å². The number of rotatable bonds is 8. The molecular formula is C22H27ClN5O7P. The van der Waals surface area contributed by atoms with Crippen molar-refractivity contribution >= 4 is 36.2 Å². The van der Waals surface area contributed by atoms with Gasteiger partial charge in [0.25, 0.3) is 0 Å². The average Bonchev–Trinajstić information content (AvgIpc) is 3.44. The normalized spacial score (nSPS) is 26.3. The summed E-state index contributed by atoms with van der Waals surface area (Å²) >= 11 is 6.29. The Morgan fingerprint density at radius 3 is 2.67 bits per heavy atom. The first-order chi connectivity index (χ1) is 17.0. The van der Waals surface area contributed by atoms with Gasteiger partial charge in [-0.25, -0.2) is 4.98 Å². The minimum Gasteiger partial charge on any atom is -0.366 e. The van der Waals surface area contributed by atoms with Gasteiger partial charge in [-0.1, -0.05) is 30.3 Å². The van der Waals surface area contributed by atoms with Crippen molar-refractivity contribution in [2.45, 2.75) is 57.1 Å². The number of nitrogens with one attached hydrogen (secondary N) is 1. The number of fused-ring (bicyclic) bond motifs is 2. The Balaban J connectivity index is 1.43. The number of ether oxygens (including phenoxy) is 4. The van der Waals surface area contributed by atoms with Gasteiger partial charge in [-0.15, -0.1) is 0 Å². The molecule has 0 aliphatic carbocycles. The lowest BCUT2D eigenvalue weighted by Gasteiger charge is -2.24. The largest absolute Gasteiger partial charge is 0.366 e. The highest BCUT2D eigenvalue weighted by molar-refractivity contribution is 7.51. The summed E-state index contributed by atoms with van der Waals surface area (Å²) in [4.78, 5) is 31.5. The molecule has 4 heterocycles. The SMILES string of the molecule is C[C@@H](Nc1nc(Cl)nc2c1ncn2[C@@H]1O[C@H](COCP(=O)(O)O)[C@H]2OC(C)(C)O[C@H]21)c1ccccc1. The van der Waals surface area contributed by atoms with Gasteiger partial charge < -0.3 is 34.1 Å². The number of halogens is 1. The maximum atomic E-state index is 11.2. The van der Waals surface area contributed by atoms with Gasteiger partial charge in [0.2, 0.25) is 5.28 Å². The van der Waals surface area contributed by atoms with Crippen LogP contribution in [-0.4, -0.2) is 66.4 Å². The minimum absolute atomic E-state index is 0.0343. The van der Waals surface area contributed by atoms with Gasteiger partial charge in [-0.2, -0.15) is 9.97 Å². The molecule has 1 aromatic carbocycles. The van der Waals surface area contributed by atoms with E-state index in [1.807, 2.05) is 37.3 Å². The van der Waals surface area contributed by atoms with Gasteiger partial charge in [0.15, 0.2) is 29.0 Å². The van der Waals surface area contributed by atoms with Crippen molar-refractivity contribution in [1.29, 1.82) is 0 Å². The molecule has 0 bridgehead atoms. The molecule has 12 nitrogen and oxygen atoms in total. The summed E-state index contributed by atoms with van der Waals surface area (Å²) < 4.78 is 36.5. The van der Waals surface area contributed by atoms with Crippen LogP contribution in [0, 0.1) is 0 Å². The fourth-order valence-corrected chi connectivity index (χ4v) is 5.02. The maximum Gasteiger partial charge on any atom is 0.350 e. The van der Waals surface area contributed by atoms with Gasteiger partial charge in [0, 0.05) is 0 Å². The number of imidazole rings is 1. The summed E-state index contributed by atoms with van der Waals surface area (Å²) in [6.45, 7) is 5.49. The standard InChI is InChI=1S/C22H27ClN5O7P/c1-12(13-7-5-4-6-8-13)25-18-15-19(27-21(23)26-18)28(10-24-15)20-17-16(34-22(2,3)35-17)14(33-20)9-32-11-36(29,30)31/h4-8,10,12,14,16-17,20H,9,11H2,1-3H3,(H,25,26,27)(H2,29,30,31)/t12-,14-,16-,17-,20-/m1/s1. The highest BCUT2D eigenvalue weighted by atomic mass is 35.5. The van der Waals surface area contributed by atoms with E-state index in [2.05, 4.69) is 20.3 Å². The zero-order valence-corrected chi connectivity index (χ0v) is 21.5. The van der Waals surface area contributed by atoms with E-state index in [-0.39, 0.29) is 17.9 Å². The van der Waals surface area contributed by atoms with Crippen LogP contribution in [0.15, 0.2) is 36.7 Å². The molecule has 2 aliphatic heterocycles. The second-order valence-corrected chi connectivity index (χ2v) is 11.2. The Kier molecular flexibility index (Phi) is 6.81. The smallest absolute Gasteiger partial charge is 0.350 e. The lowest BCUT2D eigenvalue weighted by molar-refractivity contribution is -0.201. The second-order valence-electron chi connectivity index (χ2n) is 9.24. The highest BCUT2D eigenvalue weighted by Gasteiger charge is 2.56. The maximum absolute atomic E-state index is 11.2. The third-order valence-corrected chi connectivity index (χ3v) is 6.68. The molecule has 194 valence electrons. The van der Waals surface area contributed by atoms with Crippen LogP contribution in [-0.2, 0) is 23.5 Å². The quantitative estimate of drug-likeness (QED) is 0.286. The van der Waals surface area contributed by atoms with E-state index in [9.17, 15) is 4.57 Å². The van der Waals surface area contributed by atoms with Crippen molar-refractivity contribution in [2.75, 3.05) is 18.3 Å². The molecule has 2 fully saturated rings. The Morgan fingerprint density at radius 1 is 1.22 bits per heavy atom. The summed E-state index contributed by atoms with van der Waals surface area (Å²) in [6.07, 6.45) is -1.57. The lowest BCUT2D eigenvalue weighted by Crippen LogP contribution is -2.33. The molecule has 5 atom stereocenters. The van der Waals surface area contributed by atoms with Crippen molar-refractivity contribution in [3.05, 3.63) is 47.5 Å². The molecule has 5 rings (SSSR count). The molecule has 3 aromatic rings. The molecule has 0 saturated carbocycles. The second kappa shape index (κ2) is 9.62. The highest BCUT2D eigenvalue weighted by Crippen LogP contribution is 2.44. The molecule has 3 N–H and O–H groups in total. The van der Waals surface area contributed by atoms with Gasteiger partial charge in [-0.05, 0) is 37.9 Å². The predicted octanol–water partition coefficient (Wildman–Crippen LogP) is 3.22. The van der Waals surface area contributed by atoms with Crippen LogP contribution in [0.1, 0.15) is 38.6 Å². The van der Waals surface area contributed by atoms with Crippen LogP contribution < -0.4 is 5.32 Å². The number of hydrogen-bond donors (Lipinski definition) is 3. The van der Waals surface area contributed by atoms with Crippen LogP contribution in [0.5, 0.6) is 0 Å². The van der Waals surface area contributed by atoms with Gasteiger partial charge in [-0.3, -0.25) is 9.13 Å². The molecule has 0 radical (unpaired) electrons. The molecule has 14 heteroatoms. The van der Waals surface area contributed by atoms with Crippen LogP contribution in [0.3, 0.4) is 0 Å². The fourth-order valence-electron chi connectivity index (χ4n) is 4.51. The molecule has 2 aromatic heterocycles. The van der Waals surface area contributed by atoms with Gasteiger partial charge in [0.1, 0.15) is 24.7 Å². The summed E-state index contributed by atoms with van der Waals surface area (Å²) in [5.74, 6) is -0.417. The number of benzene rings is 1. The van der Waals surface area contributed by atoms with Crippen molar-refractivity contribution in [3.8, 4) is 0 Å². The molecule has 36 heavy (non-hydrogen) atoms. The first-order valence-corrected chi connectivity index (χ1v) is 13.5. The monoisotopic (exact) mass is 539 g/mol. The van der Waals surface area contributed by atoms with E-state index in [1.54, 1.807) is 24.7 Å². The average molecular weight is 540 g/mol. The van der Waals surface area contributed by atoms with Crippen LogP contribution in [0.2, 0.25) is 5.28 Å². The molecular weight excluding hydrogens is 513 g/mol. The van der Waals surface area contributed by atoms with Crippen molar-refractivity contribution in [2.24, 2.45) is 0 Å². The van der Waals surface area contributed by atoms with Gasteiger partial charge in [0.05, 0.1) is 19.0 Å². The van der Waals surface area contributed by atoms with Crippen LogP contribution >= 0.6 is 19.2 Å². The Morgan fingerprint density at radius 2 is 1.94 bits per heavy atom. The zero-order valence-electron chi connectivity index (χ0n) is 19.8. The molecule has 2 saturated heterocycles. The lowest BCUT2D eigenvalue weighted by atomic mass is 10.1. The first-order valence-electron chi connectivity index (χ1n) is 11.4. The fraction of sp³-hybridized carbons (Fsp3) is 0.500. The Labute approximate surface area is 212 Å². The topological polar surface area (TPSA) is 150 Å². The van der Waals surface area contributed by atoms with E-state index < -0.39 is 44.3 Å².